The first-order chi connectivity index (χ1) is 35.6. The summed E-state index contributed by atoms with van der Waals surface area (Å²) >= 11 is 0. The number of esters is 1. The number of aliphatic carboxylic acids is 1. The minimum atomic E-state index is -1.70. The van der Waals surface area contributed by atoms with Gasteiger partial charge < -0.3 is 63.6 Å². The molecule has 0 amide bonds. The molecular formula is C52H69N5O17. The number of non-ortho nitro benzene ring substituents is 1. The molecule has 4 aromatic rings. The summed E-state index contributed by atoms with van der Waals surface area (Å²) in [5, 5.41) is 85.6. The molecule has 2 aliphatic heterocycles. The maximum atomic E-state index is 14.3. The average Bonchev–Trinajstić information content (AvgIpc) is 4.04. The number of ketones is 1. The van der Waals surface area contributed by atoms with Gasteiger partial charge in [0, 0.05) is 67.3 Å². The maximum absolute atomic E-state index is 14.3. The van der Waals surface area contributed by atoms with E-state index in [4.69, 9.17) is 28.4 Å². The highest BCUT2D eigenvalue weighted by Crippen LogP contribution is 2.40. The molecule has 6 N–H and O–H groups in total. The van der Waals surface area contributed by atoms with E-state index in [0.29, 0.717) is 18.8 Å². The summed E-state index contributed by atoms with van der Waals surface area (Å²) in [6.07, 6.45) is -8.19. The van der Waals surface area contributed by atoms with E-state index in [0.717, 1.165) is 55.8 Å². The normalized spacial score (nSPS) is 31.2. The molecule has 4 aliphatic rings. The first-order valence-corrected chi connectivity index (χ1v) is 25.8. The molecule has 2 saturated carbocycles. The van der Waals surface area contributed by atoms with Crippen LogP contribution in [0.3, 0.4) is 0 Å². The SMILES string of the molecule is CC1O[C@@H](O[C@@H]2C(C)CC(C(=O)CCc3cn(CCCCn4ccc5cc([N+](=O)[O-])ccc54)nn3)C[C@H]2O[C@@H]2O[C@@H](CO)[C@H](O)C(O[C@@H](CC3CCCCC3)C(=O)O)C2OC(=O)c2ccccc2)C(O)[C@@H](O)[C@@H]1O. The molecule has 2 aromatic heterocycles. The molecule has 74 heavy (non-hydrogen) atoms. The van der Waals surface area contributed by atoms with Crippen molar-refractivity contribution in [3.05, 3.63) is 88.4 Å². The number of hydrogen-bond donors (Lipinski definition) is 6. The van der Waals surface area contributed by atoms with E-state index < -0.39 is 115 Å². The number of nitro groups is 1. The number of carbonyl (C=O) groups is 3. The molecule has 4 fully saturated rings. The highest BCUT2D eigenvalue weighted by Gasteiger charge is 2.54. The van der Waals surface area contributed by atoms with Gasteiger partial charge >= 0.3 is 11.9 Å². The van der Waals surface area contributed by atoms with Crippen molar-refractivity contribution in [1.29, 1.82) is 0 Å². The van der Waals surface area contributed by atoms with Crippen LogP contribution < -0.4 is 0 Å². The molecule has 2 saturated heterocycles. The van der Waals surface area contributed by atoms with E-state index in [9.17, 15) is 55.1 Å². The van der Waals surface area contributed by atoms with Gasteiger partial charge in [-0.25, -0.2) is 9.59 Å². The van der Waals surface area contributed by atoms with Gasteiger partial charge in [-0.15, -0.1) is 5.10 Å². The number of carboxylic acid groups (broad SMARTS) is 1. The van der Waals surface area contributed by atoms with E-state index in [1.165, 1.54) is 25.1 Å². The standard InChI is InChI=1S/C52H69N5O17/c1-29-23-34(38(59)18-15-35-27-56(54-53-35)21-10-9-20-55-22-19-33-25-36(57(67)68)16-17-37(33)55)26-39(46(29)74-51-45(63)44(62)42(60)30(2)69-51)71-52-48(73-50(66)32-13-7-4-8-14-32)47(43(61)41(28-58)72-52)70-40(49(64)65)24-31-11-5-3-6-12-31/h4,7-8,13-14,16-17,19,22,25,27,29-31,34,39-48,51-52,58,60-63H,3,5-6,9-12,15,18,20-21,23-24,26,28H2,1-2H3,(H,64,65)/t29?,30?,34?,39-,40+,41+,42-,43+,44+,45?,46-,47?,48?,51+,52-/m1/s1. The third-order valence-electron chi connectivity index (χ3n) is 15.1. The number of Topliss-reactive ketones (excluding diaryl/α,β-unsaturated/α-hetero) is 1. The zero-order chi connectivity index (χ0) is 52.6. The number of hydrogen-bond acceptors (Lipinski definition) is 18. The number of nitro benzene ring substituents is 1. The molecule has 0 radical (unpaired) electrons. The monoisotopic (exact) mass is 1040 g/mol. The largest absolute Gasteiger partial charge is 0.479 e. The minimum absolute atomic E-state index is 0.00579. The summed E-state index contributed by atoms with van der Waals surface area (Å²) in [4.78, 5) is 51.8. The van der Waals surface area contributed by atoms with Crippen LogP contribution >= 0.6 is 0 Å². The van der Waals surface area contributed by atoms with Crippen molar-refractivity contribution in [2.75, 3.05) is 6.61 Å². The lowest BCUT2D eigenvalue weighted by Gasteiger charge is -2.48. The van der Waals surface area contributed by atoms with Crippen molar-refractivity contribution in [3.63, 3.8) is 0 Å². The number of carboxylic acids is 1. The van der Waals surface area contributed by atoms with Crippen LogP contribution in [0.25, 0.3) is 10.9 Å². The Labute approximate surface area is 427 Å². The third-order valence-corrected chi connectivity index (χ3v) is 15.1. The summed E-state index contributed by atoms with van der Waals surface area (Å²) < 4.78 is 41.3. The molecule has 4 heterocycles. The van der Waals surface area contributed by atoms with Gasteiger partial charge in [-0.2, -0.15) is 0 Å². The van der Waals surface area contributed by atoms with Crippen LogP contribution in [0.4, 0.5) is 5.69 Å². The highest BCUT2D eigenvalue weighted by molar-refractivity contribution is 5.89. The number of carbonyl (C=O) groups excluding carboxylic acids is 2. The van der Waals surface area contributed by atoms with Gasteiger partial charge in [-0.05, 0) is 75.1 Å². The van der Waals surface area contributed by atoms with Gasteiger partial charge in [-0.3, -0.25) is 19.6 Å². The van der Waals surface area contributed by atoms with Crippen molar-refractivity contribution in [1.82, 2.24) is 19.6 Å². The number of aromatic nitrogens is 4. The highest BCUT2D eigenvalue weighted by atomic mass is 16.7. The van der Waals surface area contributed by atoms with Crippen LogP contribution in [0.1, 0.15) is 101 Å². The van der Waals surface area contributed by atoms with Crippen molar-refractivity contribution < 1.29 is 78.4 Å². The van der Waals surface area contributed by atoms with Crippen molar-refractivity contribution in [2.24, 2.45) is 17.8 Å². The lowest BCUT2D eigenvalue weighted by Crippen LogP contribution is -2.64. The number of nitrogens with zero attached hydrogens (tertiary/aromatic N) is 5. The van der Waals surface area contributed by atoms with Crippen molar-refractivity contribution in [2.45, 2.75) is 184 Å². The number of rotatable bonds is 22. The van der Waals surface area contributed by atoms with Gasteiger partial charge in [0.1, 0.15) is 42.4 Å². The van der Waals surface area contributed by atoms with Gasteiger partial charge in [-0.1, -0.05) is 62.4 Å². The second-order valence-electron chi connectivity index (χ2n) is 20.4. The Bertz CT molecular complexity index is 2500. The number of aryl methyl sites for hydroxylation is 3. The Kier molecular flexibility index (Phi) is 18.6. The number of unbranched alkanes of at least 4 members (excludes halogenated alkanes) is 1. The second kappa shape index (κ2) is 25.0. The van der Waals surface area contributed by atoms with Crippen LogP contribution in [-0.4, -0.2) is 159 Å². The van der Waals surface area contributed by atoms with Gasteiger partial charge in [0.15, 0.2) is 24.8 Å². The topological polar surface area (TPSA) is 307 Å². The fraction of sp³-hybridized carbons (Fsp3) is 0.635. The number of ether oxygens (including phenoxy) is 6. The molecule has 2 aliphatic carbocycles. The van der Waals surface area contributed by atoms with Crippen LogP contribution in [0, 0.1) is 27.9 Å². The van der Waals surface area contributed by atoms with E-state index in [1.807, 2.05) is 19.2 Å². The molecule has 2 aromatic carbocycles. The van der Waals surface area contributed by atoms with Gasteiger partial charge in [0.2, 0.25) is 0 Å². The van der Waals surface area contributed by atoms with E-state index in [-0.39, 0.29) is 55.1 Å². The van der Waals surface area contributed by atoms with Crippen molar-refractivity contribution >= 4 is 34.3 Å². The molecule has 22 heteroatoms. The van der Waals surface area contributed by atoms with Crippen LogP contribution in [0.15, 0.2) is 67.0 Å². The Morgan fingerprint density at radius 1 is 0.865 bits per heavy atom. The lowest BCUT2D eigenvalue weighted by molar-refractivity contribution is -0.384. The molecule has 0 bridgehead atoms. The fourth-order valence-electron chi connectivity index (χ4n) is 10.9. The predicted molar refractivity (Wildman–Crippen MR) is 260 cm³/mol. The number of fused-ring (bicyclic) bond motifs is 1. The quantitative estimate of drug-likeness (QED) is 0.0282. The maximum Gasteiger partial charge on any atom is 0.338 e. The Morgan fingerprint density at radius 2 is 1.62 bits per heavy atom. The first-order valence-electron chi connectivity index (χ1n) is 25.8. The number of aliphatic hydroxyl groups excluding tert-OH is 5. The predicted octanol–water partition coefficient (Wildman–Crippen LogP) is 3.88. The number of benzene rings is 2. The summed E-state index contributed by atoms with van der Waals surface area (Å²) in [5.41, 5.74) is 1.67. The molecule has 6 unspecified atom stereocenters. The smallest absolute Gasteiger partial charge is 0.338 e. The summed E-state index contributed by atoms with van der Waals surface area (Å²) in [6.45, 7) is 3.82. The van der Waals surface area contributed by atoms with Crippen LogP contribution in [0.5, 0.6) is 0 Å². The average molecular weight is 1040 g/mol. The lowest BCUT2D eigenvalue weighted by atomic mass is 9.75. The third kappa shape index (κ3) is 13.2. The molecule has 0 spiro atoms. The first kappa shape index (κ1) is 55.0. The molecule has 8 rings (SSSR count). The Hall–Kier alpha value is -5.27. The van der Waals surface area contributed by atoms with Crippen LogP contribution in [-0.2, 0) is 57.5 Å². The number of aliphatic hydroxyl groups is 5. The van der Waals surface area contributed by atoms with Gasteiger partial charge in [0.25, 0.3) is 5.69 Å². The molecule has 15 atom stereocenters. The van der Waals surface area contributed by atoms with E-state index in [1.54, 1.807) is 41.2 Å². The minimum Gasteiger partial charge on any atom is -0.479 e. The summed E-state index contributed by atoms with van der Waals surface area (Å²) in [5.74, 6) is -3.40. The second-order valence-corrected chi connectivity index (χ2v) is 20.4. The summed E-state index contributed by atoms with van der Waals surface area (Å²) in [6, 6.07) is 14.6. The molecule has 404 valence electrons. The molecule has 22 nitrogen and oxygen atoms in total. The van der Waals surface area contributed by atoms with E-state index >= 15 is 0 Å². The van der Waals surface area contributed by atoms with Gasteiger partial charge in [0.05, 0.1) is 41.1 Å². The fourth-order valence-corrected chi connectivity index (χ4v) is 10.9. The Balaban J connectivity index is 0.986. The van der Waals surface area contributed by atoms with Crippen molar-refractivity contribution in [3.8, 4) is 0 Å². The summed E-state index contributed by atoms with van der Waals surface area (Å²) in [7, 11) is 0. The van der Waals surface area contributed by atoms with E-state index in [2.05, 4.69) is 14.9 Å². The van der Waals surface area contributed by atoms with Crippen LogP contribution in [0.2, 0.25) is 0 Å². The molecular weight excluding hydrogens is 967 g/mol. The Morgan fingerprint density at radius 3 is 2.35 bits per heavy atom. The zero-order valence-corrected chi connectivity index (χ0v) is 41.6. The zero-order valence-electron chi connectivity index (χ0n) is 41.6.